The van der Waals surface area contributed by atoms with Crippen LogP contribution in [0.5, 0.6) is 5.75 Å². The molecule has 37 heavy (non-hydrogen) atoms. The Kier molecular flexibility index (Phi) is 9.12. The molecule has 0 bridgehead atoms. The van der Waals surface area contributed by atoms with Crippen LogP contribution >= 0.6 is 12.6 Å². The van der Waals surface area contributed by atoms with Gasteiger partial charge in [0.25, 0.3) is 5.91 Å². The Hall–Kier alpha value is -3.20. The number of carbonyl (C=O) groups excluding carboxylic acids is 3. The number of carbonyl (C=O) groups is 3. The fraction of sp³-hybridized carbons (Fsp3) is 0.464. The Balaban J connectivity index is 1.97. The minimum atomic E-state index is -0.958. The molecule has 0 aromatic heterocycles. The highest BCUT2D eigenvalue weighted by molar-refractivity contribution is 7.80. The molecule has 1 fully saturated rings. The largest absolute Gasteiger partial charge is 0.497 e. The van der Waals surface area contributed by atoms with Gasteiger partial charge in [0.1, 0.15) is 23.4 Å². The van der Waals surface area contributed by atoms with Crippen molar-refractivity contribution in [2.45, 2.75) is 71.2 Å². The van der Waals surface area contributed by atoms with E-state index in [2.05, 4.69) is 23.3 Å². The zero-order valence-electron chi connectivity index (χ0n) is 22.3. The molecule has 1 saturated carbocycles. The second-order valence-corrected chi connectivity index (χ2v) is 10.7. The normalized spacial score (nSPS) is 14.8. The summed E-state index contributed by atoms with van der Waals surface area (Å²) in [6, 6.07) is 10.9. The van der Waals surface area contributed by atoms with Crippen LogP contribution in [0.4, 0.5) is 10.5 Å². The molecule has 0 radical (unpaired) electrons. The van der Waals surface area contributed by atoms with Gasteiger partial charge in [0, 0.05) is 17.5 Å². The van der Waals surface area contributed by atoms with Gasteiger partial charge in [0.05, 0.1) is 7.11 Å². The summed E-state index contributed by atoms with van der Waals surface area (Å²) in [4.78, 5) is 41.9. The molecule has 1 aliphatic rings. The highest BCUT2D eigenvalue weighted by Crippen LogP contribution is 2.37. The second-order valence-electron chi connectivity index (χ2n) is 10.3. The summed E-state index contributed by atoms with van der Waals surface area (Å²) in [5.74, 6) is 0.0122. The number of nitrogens with one attached hydrogen (secondary N) is 2. The fourth-order valence-electron chi connectivity index (χ4n) is 4.04. The molecule has 9 heteroatoms. The molecule has 0 spiro atoms. The van der Waals surface area contributed by atoms with Crippen LogP contribution < -0.4 is 15.4 Å². The Bertz CT molecular complexity index is 1130. The van der Waals surface area contributed by atoms with Crippen molar-refractivity contribution in [3.05, 3.63) is 59.2 Å². The van der Waals surface area contributed by atoms with Crippen LogP contribution in [0.2, 0.25) is 0 Å². The third-order valence-electron chi connectivity index (χ3n) is 5.98. The van der Waals surface area contributed by atoms with Crippen molar-refractivity contribution >= 4 is 36.2 Å². The molecule has 2 aromatic carbocycles. The molecule has 2 aromatic rings. The van der Waals surface area contributed by atoms with Crippen LogP contribution in [0.25, 0.3) is 0 Å². The molecule has 0 aliphatic heterocycles. The molecule has 2 unspecified atom stereocenters. The van der Waals surface area contributed by atoms with Crippen LogP contribution in [0.3, 0.4) is 0 Å². The number of ether oxygens (including phenoxy) is 2. The molecule has 1 aliphatic carbocycles. The van der Waals surface area contributed by atoms with Gasteiger partial charge < -0.3 is 25.0 Å². The first kappa shape index (κ1) is 28.4. The highest BCUT2D eigenvalue weighted by atomic mass is 32.1. The van der Waals surface area contributed by atoms with Gasteiger partial charge in [-0.05, 0) is 82.9 Å². The minimum absolute atomic E-state index is 0.0565. The first-order valence-corrected chi connectivity index (χ1v) is 13.0. The molecule has 3 rings (SSSR count). The maximum atomic E-state index is 13.9. The van der Waals surface area contributed by atoms with Gasteiger partial charge in [-0.15, -0.1) is 0 Å². The lowest BCUT2D eigenvalue weighted by molar-refractivity contribution is -0.141. The van der Waals surface area contributed by atoms with E-state index in [1.807, 2.05) is 32.0 Å². The smallest absolute Gasteiger partial charge is 0.408 e. The van der Waals surface area contributed by atoms with Crippen LogP contribution in [0.15, 0.2) is 42.5 Å². The van der Waals surface area contributed by atoms with Crippen molar-refractivity contribution in [1.82, 2.24) is 10.2 Å². The molecule has 2 N–H and O–H groups in total. The van der Waals surface area contributed by atoms with E-state index in [4.69, 9.17) is 9.47 Å². The van der Waals surface area contributed by atoms with Crippen LogP contribution in [-0.2, 0) is 14.3 Å². The lowest BCUT2D eigenvalue weighted by Gasteiger charge is -2.35. The average molecular weight is 528 g/mol. The highest BCUT2D eigenvalue weighted by Gasteiger charge is 2.44. The maximum Gasteiger partial charge on any atom is 0.408 e. The van der Waals surface area contributed by atoms with E-state index in [1.54, 1.807) is 57.0 Å². The van der Waals surface area contributed by atoms with Gasteiger partial charge in [0.2, 0.25) is 5.91 Å². The van der Waals surface area contributed by atoms with Crippen LogP contribution in [0, 0.1) is 13.8 Å². The van der Waals surface area contributed by atoms with Gasteiger partial charge >= 0.3 is 6.09 Å². The van der Waals surface area contributed by atoms with E-state index in [-0.39, 0.29) is 23.6 Å². The molecule has 2 atom stereocenters. The SMILES string of the molecule is COc1ccc(NC(=O)C(c2cc(C)ccc2C)N(C(=O)C(CS)NC(=O)OC(C)(C)C)C2CC2)cc1. The van der Waals surface area contributed by atoms with Gasteiger partial charge in [-0.3, -0.25) is 9.59 Å². The van der Waals surface area contributed by atoms with E-state index >= 15 is 0 Å². The number of thiol groups is 1. The number of rotatable bonds is 9. The number of alkyl carbamates (subject to hydrolysis) is 1. The van der Waals surface area contributed by atoms with E-state index in [9.17, 15) is 14.4 Å². The van der Waals surface area contributed by atoms with Crippen LogP contribution in [-0.4, -0.2) is 53.4 Å². The second kappa shape index (κ2) is 11.9. The first-order valence-electron chi connectivity index (χ1n) is 12.4. The monoisotopic (exact) mass is 527 g/mol. The van der Waals surface area contributed by atoms with Crippen molar-refractivity contribution in [2.24, 2.45) is 0 Å². The van der Waals surface area contributed by atoms with Gasteiger partial charge in [0.15, 0.2) is 0 Å². The molecule has 200 valence electrons. The molecule has 0 heterocycles. The standard InChI is InChI=1S/C28H37N3O5S/c1-17-7-8-18(2)22(15-17)24(25(32)29-19-9-13-21(35-6)14-10-19)31(20-11-12-20)26(33)23(16-37)30-27(34)36-28(3,4)5/h7-10,13-15,20,23-24,37H,11-12,16H2,1-6H3,(H,29,32)(H,30,34). The summed E-state index contributed by atoms with van der Waals surface area (Å²) in [5.41, 5.74) is 2.47. The van der Waals surface area contributed by atoms with Crippen molar-refractivity contribution in [3.63, 3.8) is 0 Å². The number of aryl methyl sites for hydroxylation is 2. The predicted octanol–water partition coefficient (Wildman–Crippen LogP) is 4.81. The van der Waals surface area contributed by atoms with Crippen LogP contribution in [0.1, 0.15) is 56.3 Å². The maximum absolute atomic E-state index is 13.9. The summed E-state index contributed by atoms with van der Waals surface area (Å²) >= 11 is 4.34. The average Bonchev–Trinajstić information content (AvgIpc) is 3.66. The van der Waals surface area contributed by atoms with E-state index in [0.29, 0.717) is 11.4 Å². The van der Waals surface area contributed by atoms with Gasteiger partial charge in [-0.2, -0.15) is 12.6 Å². The number of anilines is 1. The van der Waals surface area contributed by atoms with E-state index in [1.165, 1.54) is 0 Å². The molecule has 0 saturated heterocycles. The Morgan fingerprint density at radius 2 is 1.73 bits per heavy atom. The molecule has 3 amide bonds. The molecular weight excluding hydrogens is 490 g/mol. The zero-order valence-corrected chi connectivity index (χ0v) is 23.2. The fourth-order valence-corrected chi connectivity index (χ4v) is 4.29. The van der Waals surface area contributed by atoms with Crippen molar-refractivity contribution in [1.29, 1.82) is 0 Å². The summed E-state index contributed by atoms with van der Waals surface area (Å²) in [6.07, 6.45) is 0.838. The number of hydrogen-bond acceptors (Lipinski definition) is 6. The number of amides is 3. The zero-order chi connectivity index (χ0) is 27.3. The van der Waals surface area contributed by atoms with Gasteiger partial charge in [-0.25, -0.2) is 4.79 Å². The first-order chi connectivity index (χ1) is 17.4. The minimum Gasteiger partial charge on any atom is -0.497 e. The number of benzene rings is 2. The lowest BCUT2D eigenvalue weighted by Crippen LogP contribution is -2.54. The van der Waals surface area contributed by atoms with Crippen molar-refractivity contribution in [3.8, 4) is 5.75 Å². The Morgan fingerprint density at radius 3 is 2.27 bits per heavy atom. The number of nitrogens with zero attached hydrogens (tertiary/aromatic N) is 1. The lowest BCUT2D eigenvalue weighted by atomic mass is 9.96. The topological polar surface area (TPSA) is 97.0 Å². The molecule has 8 nitrogen and oxygen atoms in total. The van der Waals surface area contributed by atoms with Gasteiger partial charge in [-0.1, -0.05) is 23.8 Å². The summed E-state index contributed by atoms with van der Waals surface area (Å²) in [6.45, 7) is 9.13. The molecular formula is C28H37N3O5S. The van der Waals surface area contributed by atoms with E-state index in [0.717, 1.165) is 29.5 Å². The van der Waals surface area contributed by atoms with Crippen molar-refractivity contribution < 1.29 is 23.9 Å². The quantitative estimate of drug-likeness (QED) is 0.407. The van der Waals surface area contributed by atoms with E-state index < -0.39 is 23.8 Å². The summed E-state index contributed by atoms with van der Waals surface area (Å²) in [7, 11) is 1.58. The Labute approximate surface area is 224 Å². The third-order valence-corrected chi connectivity index (χ3v) is 6.34. The number of methoxy groups -OCH3 is 1. The Morgan fingerprint density at radius 1 is 1.08 bits per heavy atom. The number of hydrogen-bond donors (Lipinski definition) is 3. The predicted molar refractivity (Wildman–Crippen MR) is 147 cm³/mol. The summed E-state index contributed by atoms with van der Waals surface area (Å²) in [5, 5.41) is 5.61. The summed E-state index contributed by atoms with van der Waals surface area (Å²) < 4.78 is 10.6. The van der Waals surface area contributed by atoms with Crippen molar-refractivity contribution in [2.75, 3.05) is 18.2 Å². The third kappa shape index (κ3) is 7.64.